The molecule has 0 bridgehead atoms. The first-order valence-electron chi connectivity index (χ1n) is 7.24. The van der Waals surface area contributed by atoms with Gasteiger partial charge in [0.15, 0.2) is 0 Å². The number of nitrogens with two attached hydrogens (primary N) is 1. The number of aryl methyl sites for hydroxylation is 1. The second-order valence-electron chi connectivity index (χ2n) is 6.31. The van der Waals surface area contributed by atoms with E-state index in [1.165, 1.54) is 41.3 Å². The maximum atomic E-state index is 5.84. The fourth-order valence-electron chi connectivity index (χ4n) is 2.82. The molecule has 1 saturated carbocycles. The Bertz CT molecular complexity index is 385. The van der Waals surface area contributed by atoms with E-state index in [1.807, 2.05) is 11.3 Å². The SMILES string of the molecule is CCCc1nc(C2CCC(C)(C)CC2)sc1CN. The van der Waals surface area contributed by atoms with Gasteiger partial charge in [-0.05, 0) is 37.5 Å². The van der Waals surface area contributed by atoms with Crippen molar-refractivity contribution in [3.05, 3.63) is 15.6 Å². The maximum Gasteiger partial charge on any atom is 0.0962 e. The van der Waals surface area contributed by atoms with Crippen molar-refractivity contribution in [2.75, 3.05) is 0 Å². The zero-order valence-electron chi connectivity index (χ0n) is 12.0. The zero-order chi connectivity index (χ0) is 13.2. The highest BCUT2D eigenvalue weighted by atomic mass is 32.1. The molecule has 1 heterocycles. The van der Waals surface area contributed by atoms with E-state index < -0.39 is 0 Å². The highest BCUT2D eigenvalue weighted by Gasteiger charge is 2.29. The predicted octanol–water partition coefficient (Wildman–Crippen LogP) is 4.24. The number of nitrogens with zero attached hydrogens (tertiary/aromatic N) is 1. The second kappa shape index (κ2) is 5.70. The van der Waals surface area contributed by atoms with Gasteiger partial charge in [0.2, 0.25) is 0 Å². The van der Waals surface area contributed by atoms with E-state index >= 15 is 0 Å². The van der Waals surface area contributed by atoms with E-state index in [0.717, 1.165) is 12.8 Å². The van der Waals surface area contributed by atoms with Crippen LogP contribution in [0.5, 0.6) is 0 Å². The van der Waals surface area contributed by atoms with Crippen LogP contribution >= 0.6 is 11.3 Å². The first-order chi connectivity index (χ1) is 8.55. The second-order valence-corrected chi connectivity index (χ2v) is 7.43. The molecule has 1 aliphatic rings. The molecule has 2 nitrogen and oxygen atoms in total. The van der Waals surface area contributed by atoms with E-state index in [4.69, 9.17) is 10.7 Å². The van der Waals surface area contributed by atoms with Crippen molar-refractivity contribution in [3.8, 4) is 0 Å². The molecular formula is C15H26N2S. The topological polar surface area (TPSA) is 38.9 Å². The summed E-state index contributed by atoms with van der Waals surface area (Å²) < 4.78 is 0. The average molecular weight is 266 g/mol. The third kappa shape index (κ3) is 3.12. The molecule has 0 spiro atoms. The van der Waals surface area contributed by atoms with Crippen molar-refractivity contribution in [1.82, 2.24) is 4.98 Å². The lowest BCUT2D eigenvalue weighted by atomic mass is 9.73. The largest absolute Gasteiger partial charge is 0.326 e. The number of hydrogen-bond donors (Lipinski definition) is 1. The van der Waals surface area contributed by atoms with E-state index in [-0.39, 0.29) is 0 Å². The van der Waals surface area contributed by atoms with Crippen LogP contribution in [0, 0.1) is 5.41 Å². The van der Waals surface area contributed by atoms with Gasteiger partial charge in [0.05, 0.1) is 10.7 Å². The van der Waals surface area contributed by atoms with Crippen LogP contribution < -0.4 is 5.73 Å². The van der Waals surface area contributed by atoms with Gasteiger partial charge in [0.1, 0.15) is 0 Å². The average Bonchev–Trinajstić information content (AvgIpc) is 2.73. The minimum Gasteiger partial charge on any atom is -0.326 e. The van der Waals surface area contributed by atoms with Gasteiger partial charge >= 0.3 is 0 Å². The lowest BCUT2D eigenvalue weighted by molar-refractivity contribution is 0.224. The number of rotatable bonds is 4. The molecule has 1 aromatic heterocycles. The Hall–Kier alpha value is -0.410. The summed E-state index contributed by atoms with van der Waals surface area (Å²) in [6.45, 7) is 7.64. The Labute approximate surface area is 115 Å². The van der Waals surface area contributed by atoms with Crippen LogP contribution in [0.25, 0.3) is 0 Å². The van der Waals surface area contributed by atoms with Crippen molar-refractivity contribution >= 4 is 11.3 Å². The quantitative estimate of drug-likeness (QED) is 0.885. The molecule has 1 fully saturated rings. The lowest BCUT2D eigenvalue weighted by Gasteiger charge is -2.33. The van der Waals surface area contributed by atoms with Crippen LogP contribution in [-0.2, 0) is 13.0 Å². The molecule has 2 rings (SSSR count). The molecule has 0 unspecified atom stereocenters. The molecule has 0 saturated heterocycles. The maximum absolute atomic E-state index is 5.84. The lowest BCUT2D eigenvalue weighted by Crippen LogP contribution is -2.20. The summed E-state index contributed by atoms with van der Waals surface area (Å²) in [6, 6.07) is 0. The molecule has 0 radical (unpaired) electrons. The van der Waals surface area contributed by atoms with Gasteiger partial charge in [0.25, 0.3) is 0 Å². The zero-order valence-corrected chi connectivity index (χ0v) is 12.8. The summed E-state index contributed by atoms with van der Waals surface area (Å²) >= 11 is 1.87. The van der Waals surface area contributed by atoms with Gasteiger partial charge < -0.3 is 5.73 Å². The van der Waals surface area contributed by atoms with Crippen LogP contribution in [0.4, 0.5) is 0 Å². The van der Waals surface area contributed by atoms with Gasteiger partial charge in [0, 0.05) is 17.3 Å². The van der Waals surface area contributed by atoms with Crippen molar-refractivity contribution in [1.29, 1.82) is 0 Å². The fraction of sp³-hybridized carbons (Fsp3) is 0.800. The first-order valence-corrected chi connectivity index (χ1v) is 8.06. The van der Waals surface area contributed by atoms with Gasteiger partial charge in [-0.1, -0.05) is 27.2 Å². The van der Waals surface area contributed by atoms with Crippen molar-refractivity contribution in [2.45, 2.75) is 71.8 Å². The number of hydrogen-bond acceptors (Lipinski definition) is 3. The highest BCUT2D eigenvalue weighted by Crippen LogP contribution is 2.43. The summed E-state index contributed by atoms with van der Waals surface area (Å²) in [5, 5.41) is 1.36. The van der Waals surface area contributed by atoms with Crippen LogP contribution in [-0.4, -0.2) is 4.98 Å². The van der Waals surface area contributed by atoms with Crippen molar-refractivity contribution in [3.63, 3.8) is 0 Å². The first kappa shape index (κ1) is 14.0. The van der Waals surface area contributed by atoms with Crippen LogP contribution in [0.15, 0.2) is 0 Å². The van der Waals surface area contributed by atoms with Gasteiger partial charge in [-0.25, -0.2) is 4.98 Å². The Morgan fingerprint density at radius 1 is 1.33 bits per heavy atom. The molecule has 0 aliphatic heterocycles. The predicted molar refractivity (Wildman–Crippen MR) is 79.0 cm³/mol. The molecular weight excluding hydrogens is 240 g/mol. The molecule has 0 atom stereocenters. The molecule has 3 heteroatoms. The fourth-order valence-corrected chi connectivity index (χ4v) is 3.98. The third-order valence-corrected chi connectivity index (χ3v) is 5.44. The third-order valence-electron chi connectivity index (χ3n) is 4.16. The van der Waals surface area contributed by atoms with Crippen molar-refractivity contribution in [2.24, 2.45) is 11.1 Å². The molecule has 102 valence electrons. The molecule has 1 aromatic rings. The Kier molecular flexibility index (Phi) is 4.44. The number of aromatic nitrogens is 1. The summed E-state index contributed by atoms with van der Waals surface area (Å²) in [5.41, 5.74) is 7.64. The van der Waals surface area contributed by atoms with E-state index in [1.54, 1.807) is 0 Å². The summed E-state index contributed by atoms with van der Waals surface area (Å²) in [6.07, 6.45) is 7.51. The Morgan fingerprint density at radius 3 is 2.56 bits per heavy atom. The summed E-state index contributed by atoms with van der Waals surface area (Å²) in [7, 11) is 0. The van der Waals surface area contributed by atoms with Crippen LogP contribution in [0.1, 0.15) is 74.4 Å². The van der Waals surface area contributed by atoms with Gasteiger partial charge in [-0.15, -0.1) is 11.3 Å². The van der Waals surface area contributed by atoms with Gasteiger partial charge in [-0.2, -0.15) is 0 Å². The van der Waals surface area contributed by atoms with Crippen LogP contribution in [0.2, 0.25) is 0 Å². The van der Waals surface area contributed by atoms with Gasteiger partial charge in [-0.3, -0.25) is 0 Å². The van der Waals surface area contributed by atoms with E-state index in [0.29, 0.717) is 17.9 Å². The normalized spacial score (nSPS) is 20.2. The van der Waals surface area contributed by atoms with Crippen molar-refractivity contribution < 1.29 is 0 Å². The highest BCUT2D eigenvalue weighted by molar-refractivity contribution is 7.11. The minimum atomic E-state index is 0.538. The summed E-state index contributed by atoms with van der Waals surface area (Å²) in [5.74, 6) is 0.693. The molecule has 2 N–H and O–H groups in total. The van der Waals surface area contributed by atoms with E-state index in [9.17, 15) is 0 Å². The molecule has 1 aliphatic carbocycles. The van der Waals surface area contributed by atoms with E-state index in [2.05, 4.69) is 20.8 Å². The number of thiazole rings is 1. The molecule has 0 aromatic carbocycles. The summed E-state index contributed by atoms with van der Waals surface area (Å²) in [4.78, 5) is 6.20. The Morgan fingerprint density at radius 2 is 2.00 bits per heavy atom. The van der Waals surface area contributed by atoms with Crippen LogP contribution in [0.3, 0.4) is 0 Å². The molecule has 0 amide bonds. The minimum absolute atomic E-state index is 0.538. The monoisotopic (exact) mass is 266 g/mol. The Balaban J connectivity index is 2.09. The standard InChI is InChI=1S/C15H26N2S/c1-4-5-12-13(10-16)18-14(17-12)11-6-8-15(2,3)9-7-11/h11H,4-10,16H2,1-3H3. The smallest absolute Gasteiger partial charge is 0.0962 e. The molecule has 18 heavy (non-hydrogen) atoms.